The maximum Gasteiger partial charge on any atom is 0.230 e. The molecule has 104 valence electrons. The quantitative estimate of drug-likeness (QED) is 0.755. The standard InChI is InChI=1S/C14H26N2OS/c1-9(2)12(13(15)18)14(17)16-8-11-6-4-10(3)5-7-11/h9-12H,4-8H2,1-3H3,(H2,15,18)(H,16,17). The molecule has 0 heterocycles. The average Bonchev–Trinajstić information content (AvgIpc) is 2.27. The van der Waals surface area contributed by atoms with Gasteiger partial charge >= 0.3 is 0 Å². The van der Waals surface area contributed by atoms with Crippen molar-refractivity contribution >= 4 is 23.1 Å². The Morgan fingerprint density at radius 1 is 1.33 bits per heavy atom. The molecule has 1 rings (SSSR count). The molecule has 1 aliphatic rings. The molecule has 3 nitrogen and oxygen atoms in total. The SMILES string of the molecule is CC1CCC(CNC(=O)C(C(N)=S)C(C)C)CC1. The zero-order valence-electron chi connectivity index (χ0n) is 11.7. The number of hydrogen-bond acceptors (Lipinski definition) is 2. The number of carbonyl (C=O) groups is 1. The molecule has 1 atom stereocenters. The number of rotatable bonds is 5. The largest absolute Gasteiger partial charge is 0.393 e. The van der Waals surface area contributed by atoms with Crippen molar-refractivity contribution < 1.29 is 4.79 Å². The highest BCUT2D eigenvalue weighted by molar-refractivity contribution is 7.80. The molecule has 18 heavy (non-hydrogen) atoms. The smallest absolute Gasteiger partial charge is 0.230 e. The molecule has 1 fully saturated rings. The molecule has 0 saturated heterocycles. The van der Waals surface area contributed by atoms with Crippen molar-refractivity contribution in [1.82, 2.24) is 5.32 Å². The zero-order valence-corrected chi connectivity index (χ0v) is 12.6. The number of nitrogens with two attached hydrogens (primary N) is 1. The minimum Gasteiger partial charge on any atom is -0.393 e. The number of carbonyl (C=O) groups excluding carboxylic acids is 1. The van der Waals surface area contributed by atoms with Crippen molar-refractivity contribution in [2.45, 2.75) is 46.5 Å². The first-order valence-electron chi connectivity index (χ1n) is 6.98. The summed E-state index contributed by atoms with van der Waals surface area (Å²) >= 11 is 4.97. The van der Waals surface area contributed by atoms with Crippen LogP contribution in [0.4, 0.5) is 0 Å². The summed E-state index contributed by atoms with van der Waals surface area (Å²) in [6, 6.07) is 0. The van der Waals surface area contributed by atoms with Gasteiger partial charge in [0.15, 0.2) is 0 Å². The van der Waals surface area contributed by atoms with Crippen molar-refractivity contribution in [3.63, 3.8) is 0 Å². The highest BCUT2D eigenvalue weighted by Gasteiger charge is 2.26. The summed E-state index contributed by atoms with van der Waals surface area (Å²) < 4.78 is 0. The van der Waals surface area contributed by atoms with Crippen LogP contribution >= 0.6 is 12.2 Å². The van der Waals surface area contributed by atoms with Crippen LogP contribution in [0.5, 0.6) is 0 Å². The normalized spacial score (nSPS) is 25.8. The first-order valence-corrected chi connectivity index (χ1v) is 7.39. The highest BCUT2D eigenvalue weighted by Crippen LogP contribution is 2.27. The van der Waals surface area contributed by atoms with E-state index in [2.05, 4.69) is 12.2 Å². The Kier molecular flexibility index (Phi) is 6.06. The van der Waals surface area contributed by atoms with Crippen LogP contribution in [0.15, 0.2) is 0 Å². The van der Waals surface area contributed by atoms with Crippen LogP contribution in [-0.2, 0) is 4.79 Å². The highest BCUT2D eigenvalue weighted by atomic mass is 32.1. The average molecular weight is 270 g/mol. The zero-order chi connectivity index (χ0) is 13.7. The van der Waals surface area contributed by atoms with Gasteiger partial charge in [-0.2, -0.15) is 0 Å². The minimum absolute atomic E-state index is 0.00359. The molecule has 4 heteroatoms. The fraction of sp³-hybridized carbons (Fsp3) is 0.857. The number of thiocarbonyl (C=S) groups is 1. The topological polar surface area (TPSA) is 55.1 Å². The van der Waals surface area contributed by atoms with E-state index in [0.717, 1.165) is 12.5 Å². The second kappa shape index (κ2) is 7.07. The lowest BCUT2D eigenvalue weighted by Crippen LogP contribution is -2.42. The molecule has 0 aromatic rings. The van der Waals surface area contributed by atoms with Gasteiger partial charge in [-0.05, 0) is 30.6 Å². The monoisotopic (exact) mass is 270 g/mol. The van der Waals surface area contributed by atoms with Crippen LogP contribution < -0.4 is 11.1 Å². The van der Waals surface area contributed by atoms with Gasteiger partial charge in [0.05, 0.1) is 10.9 Å². The Labute approximate surface area is 116 Å². The molecule has 0 aromatic carbocycles. The molecule has 0 spiro atoms. The molecule has 1 saturated carbocycles. The number of amides is 1. The fourth-order valence-corrected chi connectivity index (χ4v) is 3.03. The molecule has 1 amide bonds. The lowest BCUT2D eigenvalue weighted by Gasteiger charge is -2.27. The van der Waals surface area contributed by atoms with Crippen molar-refractivity contribution in [2.24, 2.45) is 29.4 Å². The number of hydrogen-bond donors (Lipinski definition) is 2. The lowest BCUT2D eigenvalue weighted by molar-refractivity contribution is -0.124. The van der Waals surface area contributed by atoms with E-state index < -0.39 is 0 Å². The van der Waals surface area contributed by atoms with Gasteiger partial charge in [0.1, 0.15) is 0 Å². The van der Waals surface area contributed by atoms with Crippen LogP contribution in [0.3, 0.4) is 0 Å². The van der Waals surface area contributed by atoms with E-state index in [4.69, 9.17) is 18.0 Å². The summed E-state index contributed by atoms with van der Waals surface area (Å²) in [5, 5.41) is 3.02. The van der Waals surface area contributed by atoms with Gasteiger partial charge in [0.2, 0.25) is 5.91 Å². The van der Waals surface area contributed by atoms with Gasteiger partial charge < -0.3 is 11.1 Å². The maximum absolute atomic E-state index is 12.1. The van der Waals surface area contributed by atoms with Crippen LogP contribution in [-0.4, -0.2) is 17.4 Å². The van der Waals surface area contributed by atoms with Crippen LogP contribution in [0.25, 0.3) is 0 Å². The molecular weight excluding hydrogens is 244 g/mol. The van der Waals surface area contributed by atoms with E-state index in [9.17, 15) is 4.79 Å². The molecule has 1 aliphatic carbocycles. The van der Waals surface area contributed by atoms with Crippen LogP contribution in [0.2, 0.25) is 0 Å². The first-order chi connectivity index (χ1) is 8.41. The van der Waals surface area contributed by atoms with Crippen molar-refractivity contribution in [1.29, 1.82) is 0 Å². The molecule has 3 N–H and O–H groups in total. The summed E-state index contributed by atoms with van der Waals surface area (Å²) in [7, 11) is 0. The van der Waals surface area contributed by atoms with Crippen molar-refractivity contribution in [2.75, 3.05) is 6.54 Å². The summed E-state index contributed by atoms with van der Waals surface area (Å²) in [4.78, 5) is 12.4. The Hall–Kier alpha value is -0.640. The Bertz CT molecular complexity index is 296. The third-order valence-electron chi connectivity index (χ3n) is 3.96. The Balaban J connectivity index is 2.38. The van der Waals surface area contributed by atoms with Crippen LogP contribution in [0, 0.1) is 23.7 Å². The first kappa shape index (κ1) is 15.4. The molecule has 0 aromatic heterocycles. The van der Waals surface area contributed by atoms with Gasteiger partial charge in [0.25, 0.3) is 0 Å². The lowest BCUT2D eigenvalue weighted by atomic mass is 9.83. The van der Waals surface area contributed by atoms with Gasteiger partial charge in [-0.15, -0.1) is 0 Å². The molecule has 1 unspecified atom stereocenters. The number of nitrogens with one attached hydrogen (secondary N) is 1. The van der Waals surface area contributed by atoms with E-state index >= 15 is 0 Å². The maximum atomic E-state index is 12.1. The van der Waals surface area contributed by atoms with E-state index in [1.807, 2.05) is 13.8 Å². The summed E-state index contributed by atoms with van der Waals surface area (Å²) in [5.41, 5.74) is 5.64. The molecule has 0 bridgehead atoms. The van der Waals surface area contributed by atoms with E-state index in [-0.39, 0.29) is 17.7 Å². The van der Waals surface area contributed by atoms with Gasteiger partial charge in [-0.3, -0.25) is 4.79 Å². The fourth-order valence-electron chi connectivity index (χ4n) is 2.65. The van der Waals surface area contributed by atoms with E-state index in [0.29, 0.717) is 10.9 Å². The van der Waals surface area contributed by atoms with Crippen LogP contribution in [0.1, 0.15) is 46.5 Å². The summed E-state index contributed by atoms with van der Waals surface area (Å²) in [5.74, 6) is 1.30. The molecule has 0 radical (unpaired) electrons. The molecule has 0 aliphatic heterocycles. The minimum atomic E-state index is -0.331. The summed E-state index contributed by atoms with van der Waals surface area (Å²) in [6.45, 7) is 7.03. The van der Waals surface area contributed by atoms with Crippen molar-refractivity contribution in [3.8, 4) is 0 Å². The predicted molar refractivity (Wildman–Crippen MR) is 79.2 cm³/mol. The van der Waals surface area contributed by atoms with Gasteiger partial charge in [0, 0.05) is 6.54 Å². The predicted octanol–water partition coefficient (Wildman–Crippen LogP) is 2.49. The Morgan fingerprint density at radius 3 is 2.33 bits per heavy atom. The van der Waals surface area contributed by atoms with Crippen molar-refractivity contribution in [3.05, 3.63) is 0 Å². The van der Waals surface area contributed by atoms with Gasteiger partial charge in [-0.1, -0.05) is 45.8 Å². The van der Waals surface area contributed by atoms with E-state index in [1.54, 1.807) is 0 Å². The third kappa shape index (κ3) is 4.56. The third-order valence-corrected chi connectivity index (χ3v) is 4.21. The summed E-state index contributed by atoms with van der Waals surface area (Å²) in [6.07, 6.45) is 5.01. The van der Waals surface area contributed by atoms with Gasteiger partial charge in [-0.25, -0.2) is 0 Å². The second-order valence-electron chi connectivity index (χ2n) is 6.00. The second-order valence-corrected chi connectivity index (χ2v) is 6.47. The molecular formula is C14H26N2OS. The Morgan fingerprint density at radius 2 is 1.89 bits per heavy atom. The van der Waals surface area contributed by atoms with E-state index in [1.165, 1.54) is 25.7 Å².